The molecule has 0 aliphatic carbocycles. The van der Waals surface area contributed by atoms with E-state index in [-0.39, 0.29) is 6.42 Å². The summed E-state index contributed by atoms with van der Waals surface area (Å²) in [5.41, 5.74) is 6.07. The minimum Gasteiger partial charge on any atom is -0.481 e. The second-order valence-electron chi connectivity index (χ2n) is 5.38. The summed E-state index contributed by atoms with van der Waals surface area (Å²) in [4.78, 5) is 10.6. The molecule has 2 aromatic carbocycles. The Morgan fingerprint density at radius 1 is 0.850 bits per heavy atom. The van der Waals surface area contributed by atoms with E-state index >= 15 is 0 Å². The second-order valence-corrected chi connectivity index (χ2v) is 5.38. The highest BCUT2D eigenvalue weighted by atomic mass is 16.4. The third-order valence-electron chi connectivity index (χ3n) is 3.36. The topological polar surface area (TPSA) is 37.3 Å². The lowest BCUT2D eigenvalue weighted by molar-refractivity contribution is -0.136. The third-order valence-corrected chi connectivity index (χ3v) is 3.36. The van der Waals surface area contributed by atoms with E-state index in [2.05, 4.69) is 32.0 Å². The average molecular weight is 268 g/mol. The Hall–Kier alpha value is -2.09. The van der Waals surface area contributed by atoms with Crippen LogP contribution in [0.25, 0.3) is 0 Å². The van der Waals surface area contributed by atoms with Gasteiger partial charge in [0.05, 0.1) is 6.42 Å². The van der Waals surface area contributed by atoms with Gasteiger partial charge in [0.2, 0.25) is 0 Å². The summed E-state index contributed by atoms with van der Waals surface area (Å²) < 4.78 is 0. The Morgan fingerprint density at radius 3 is 1.90 bits per heavy atom. The number of carboxylic acids is 1. The Bertz CT molecular complexity index is 577. The minimum atomic E-state index is -0.784. The van der Waals surface area contributed by atoms with Crippen molar-refractivity contribution in [3.63, 3.8) is 0 Å². The zero-order valence-electron chi connectivity index (χ0n) is 12.0. The molecule has 2 nitrogen and oxygen atoms in total. The van der Waals surface area contributed by atoms with E-state index in [1.807, 2.05) is 24.3 Å². The molecule has 0 radical (unpaired) electrons. The fourth-order valence-corrected chi connectivity index (χ4v) is 2.50. The van der Waals surface area contributed by atoms with E-state index in [4.69, 9.17) is 5.11 Å². The molecule has 104 valence electrons. The number of hydrogen-bond donors (Lipinski definition) is 1. The van der Waals surface area contributed by atoms with Crippen molar-refractivity contribution >= 4 is 5.97 Å². The minimum absolute atomic E-state index is 0.0946. The Balaban J connectivity index is 1.98. The maximum absolute atomic E-state index is 10.6. The molecule has 0 aliphatic heterocycles. The van der Waals surface area contributed by atoms with Crippen molar-refractivity contribution in [1.82, 2.24) is 0 Å². The lowest BCUT2D eigenvalue weighted by atomic mass is 10.00. The van der Waals surface area contributed by atoms with Crippen LogP contribution in [0.1, 0.15) is 27.8 Å². The van der Waals surface area contributed by atoms with Crippen molar-refractivity contribution < 1.29 is 9.90 Å². The second kappa shape index (κ2) is 6.38. The first-order valence-corrected chi connectivity index (χ1v) is 6.90. The first kappa shape index (κ1) is 14.3. The van der Waals surface area contributed by atoms with Crippen LogP contribution in [0.5, 0.6) is 0 Å². The Kier molecular flexibility index (Phi) is 4.57. The zero-order chi connectivity index (χ0) is 14.5. The SMILES string of the molecule is Cc1cc(C)cc(CCc2ccc(CC(=O)O)cc2)c1. The van der Waals surface area contributed by atoms with Crippen LogP contribution in [-0.2, 0) is 24.1 Å². The predicted octanol–water partition coefficient (Wildman–Crippen LogP) is 3.72. The van der Waals surface area contributed by atoms with Gasteiger partial charge in [-0.05, 0) is 43.4 Å². The molecule has 0 saturated heterocycles. The highest BCUT2D eigenvalue weighted by Crippen LogP contribution is 2.13. The fraction of sp³-hybridized carbons (Fsp3) is 0.278. The molecule has 2 heteroatoms. The maximum Gasteiger partial charge on any atom is 0.307 e. The van der Waals surface area contributed by atoms with Gasteiger partial charge in [0.15, 0.2) is 0 Å². The van der Waals surface area contributed by atoms with Gasteiger partial charge in [-0.1, -0.05) is 53.6 Å². The zero-order valence-corrected chi connectivity index (χ0v) is 12.0. The Morgan fingerprint density at radius 2 is 1.35 bits per heavy atom. The van der Waals surface area contributed by atoms with Gasteiger partial charge in [0.25, 0.3) is 0 Å². The number of benzene rings is 2. The molecule has 0 atom stereocenters. The summed E-state index contributed by atoms with van der Waals surface area (Å²) in [6.07, 6.45) is 2.09. The lowest BCUT2D eigenvalue weighted by Crippen LogP contribution is -2.00. The van der Waals surface area contributed by atoms with E-state index in [1.54, 1.807) is 0 Å². The summed E-state index contributed by atoms with van der Waals surface area (Å²) in [5.74, 6) is -0.784. The van der Waals surface area contributed by atoms with Crippen molar-refractivity contribution in [2.45, 2.75) is 33.1 Å². The van der Waals surface area contributed by atoms with Crippen LogP contribution >= 0.6 is 0 Å². The van der Waals surface area contributed by atoms with Crippen molar-refractivity contribution in [3.05, 3.63) is 70.3 Å². The van der Waals surface area contributed by atoms with Crippen molar-refractivity contribution in [2.75, 3.05) is 0 Å². The molecule has 0 spiro atoms. The number of rotatable bonds is 5. The van der Waals surface area contributed by atoms with Crippen LogP contribution in [0, 0.1) is 13.8 Å². The average Bonchev–Trinajstić information content (AvgIpc) is 2.36. The molecule has 0 amide bonds. The van der Waals surface area contributed by atoms with Crippen LogP contribution in [0.15, 0.2) is 42.5 Å². The van der Waals surface area contributed by atoms with E-state index in [1.165, 1.54) is 22.3 Å². The molecule has 0 saturated carbocycles. The van der Waals surface area contributed by atoms with Gasteiger partial charge >= 0.3 is 5.97 Å². The highest BCUT2D eigenvalue weighted by molar-refractivity contribution is 5.70. The summed E-state index contributed by atoms with van der Waals surface area (Å²) in [7, 11) is 0. The smallest absolute Gasteiger partial charge is 0.307 e. The molecule has 0 unspecified atom stereocenters. The summed E-state index contributed by atoms with van der Waals surface area (Å²) >= 11 is 0. The van der Waals surface area contributed by atoms with Crippen molar-refractivity contribution in [3.8, 4) is 0 Å². The van der Waals surface area contributed by atoms with E-state index < -0.39 is 5.97 Å². The molecule has 0 aliphatic rings. The van der Waals surface area contributed by atoms with Gasteiger partial charge in [0.1, 0.15) is 0 Å². The Labute approximate surface area is 120 Å². The first-order chi connectivity index (χ1) is 9.52. The molecule has 0 bridgehead atoms. The van der Waals surface area contributed by atoms with Gasteiger partial charge in [-0.15, -0.1) is 0 Å². The van der Waals surface area contributed by atoms with Gasteiger partial charge in [-0.3, -0.25) is 4.79 Å². The fourth-order valence-electron chi connectivity index (χ4n) is 2.50. The molecular formula is C18H20O2. The number of hydrogen-bond acceptors (Lipinski definition) is 1. The molecule has 2 rings (SSSR count). The van der Waals surface area contributed by atoms with Gasteiger partial charge in [0, 0.05) is 0 Å². The van der Waals surface area contributed by atoms with Crippen molar-refractivity contribution in [2.24, 2.45) is 0 Å². The van der Waals surface area contributed by atoms with E-state index in [9.17, 15) is 4.79 Å². The number of carboxylic acid groups (broad SMARTS) is 1. The summed E-state index contributed by atoms with van der Waals surface area (Å²) in [5, 5.41) is 8.74. The molecular weight excluding hydrogens is 248 g/mol. The van der Waals surface area contributed by atoms with E-state index in [0.717, 1.165) is 18.4 Å². The van der Waals surface area contributed by atoms with Gasteiger partial charge in [-0.2, -0.15) is 0 Å². The number of aryl methyl sites for hydroxylation is 4. The third kappa shape index (κ3) is 4.23. The van der Waals surface area contributed by atoms with Crippen LogP contribution < -0.4 is 0 Å². The molecule has 0 heterocycles. The quantitative estimate of drug-likeness (QED) is 0.897. The summed E-state index contributed by atoms with van der Waals surface area (Å²) in [6, 6.07) is 14.5. The molecule has 1 N–H and O–H groups in total. The van der Waals surface area contributed by atoms with Gasteiger partial charge < -0.3 is 5.11 Å². The van der Waals surface area contributed by atoms with Crippen LogP contribution in [0.2, 0.25) is 0 Å². The monoisotopic (exact) mass is 268 g/mol. The van der Waals surface area contributed by atoms with Crippen LogP contribution in [-0.4, -0.2) is 11.1 Å². The van der Waals surface area contributed by atoms with E-state index in [0.29, 0.717) is 0 Å². The maximum atomic E-state index is 10.6. The van der Waals surface area contributed by atoms with Gasteiger partial charge in [-0.25, -0.2) is 0 Å². The highest BCUT2D eigenvalue weighted by Gasteiger charge is 2.01. The largest absolute Gasteiger partial charge is 0.481 e. The normalized spacial score (nSPS) is 10.5. The molecule has 20 heavy (non-hydrogen) atoms. The molecule has 0 fully saturated rings. The molecule has 0 aromatic heterocycles. The lowest BCUT2D eigenvalue weighted by Gasteiger charge is -2.06. The van der Waals surface area contributed by atoms with Crippen LogP contribution in [0.3, 0.4) is 0 Å². The number of carbonyl (C=O) groups is 1. The standard InChI is InChI=1S/C18H20O2/c1-13-9-14(2)11-17(10-13)8-5-15-3-6-16(7-4-15)12-18(19)20/h3-4,6-7,9-11H,5,8,12H2,1-2H3,(H,19,20). The summed E-state index contributed by atoms with van der Waals surface area (Å²) in [6.45, 7) is 4.24. The van der Waals surface area contributed by atoms with Crippen molar-refractivity contribution in [1.29, 1.82) is 0 Å². The predicted molar refractivity (Wildman–Crippen MR) is 81.1 cm³/mol. The van der Waals surface area contributed by atoms with Crippen LogP contribution in [0.4, 0.5) is 0 Å². The first-order valence-electron chi connectivity index (χ1n) is 6.90. The number of aliphatic carboxylic acids is 1. The molecule has 2 aromatic rings.